The summed E-state index contributed by atoms with van der Waals surface area (Å²) in [6.45, 7) is 3.53. The Kier molecular flexibility index (Phi) is 4.57. The van der Waals surface area contributed by atoms with Crippen molar-refractivity contribution in [2.75, 3.05) is 7.11 Å². The predicted octanol–water partition coefficient (Wildman–Crippen LogP) is 2.96. The van der Waals surface area contributed by atoms with Crippen LogP contribution in [0.3, 0.4) is 0 Å². The molecule has 0 fully saturated rings. The van der Waals surface area contributed by atoms with E-state index in [0.717, 1.165) is 22.4 Å². The molecule has 1 heterocycles. The second-order valence-corrected chi connectivity index (χ2v) is 6.04. The van der Waals surface area contributed by atoms with E-state index in [-0.39, 0.29) is 11.7 Å². The molecule has 5 nitrogen and oxygen atoms in total. The summed E-state index contributed by atoms with van der Waals surface area (Å²) in [6.07, 6.45) is 0. The van der Waals surface area contributed by atoms with Crippen molar-refractivity contribution in [3.05, 3.63) is 70.8 Å². The Bertz CT molecular complexity index is 870. The number of hydrogen-bond donors (Lipinski definition) is 2. The number of nitrogens with two attached hydrogens (primary N) is 1. The van der Waals surface area contributed by atoms with Crippen LogP contribution in [0, 0.1) is 6.92 Å². The number of carbonyl (C=O) groups excluding carboxylic acids is 1. The molecule has 0 amide bonds. The highest BCUT2D eigenvalue weighted by Crippen LogP contribution is 2.36. The molecule has 3 N–H and O–H groups in total. The van der Waals surface area contributed by atoms with Crippen LogP contribution in [0.25, 0.3) is 5.70 Å². The number of carbonyl (C=O) groups is 1. The maximum absolute atomic E-state index is 12.5. The Morgan fingerprint density at radius 2 is 1.92 bits per heavy atom. The van der Waals surface area contributed by atoms with Crippen LogP contribution in [-0.4, -0.2) is 18.9 Å². The number of ketones is 1. The SMILES string of the molecule is COc1cc(C)cc(C2N=C(N)NC(c3ccccc3)=C2C(C)=O)c1. The van der Waals surface area contributed by atoms with Gasteiger partial charge in [0.15, 0.2) is 11.7 Å². The van der Waals surface area contributed by atoms with E-state index in [1.165, 1.54) is 0 Å². The smallest absolute Gasteiger partial charge is 0.194 e. The summed E-state index contributed by atoms with van der Waals surface area (Å²) in [7, 11) is 1.62. The van der Waals surface area contributed by atoms with Gasteiger partial charge in [-0.15, -0.1) is 0 Å². The molecule has 1 aliphatic heterocycles. The Hall–Kier alpha value is -3.08. The van der Waals surface area contributed by atoms with E-state index in [1.807, 2.05) is 55.5 Å². The molecule has 0 radical (unpaired) electrons. The largest absolute Gasteiger partial charge is 0.497 e. The lowest BCUT2D eigenvalue weighted by molar-refractivity contribution is -0.113. The monoisotopic (exact) mass is 335 g/mol. The number of aliphatic imine (C=N–C) groups is 1. The number of hydrogen-bond acceptors (Lipinski definition) is 5. The minimum atomic E-state index is -0.470. The van der Waals surface area contributed by atoms with Crippen LogP contribution in [0.5, 0.6) is 5.75 Å². The molecule has 0 aromatic heterocycles. The molecule has 0 bridgehead atoms. The number of nitrogens with zero attached hydrogens (tertiary/aromatic N) is 1. The van der Waals surface area contributed by atoms with Crippen molar-refractivity contribution in [3.63, 3.8) is 0 Å². The maximum Gasteiger partial charge on any atom is 0.194 e. The van der Waals surface area contributed by atoms with Gasteiger partial charge in [0.1, 0.15) is 11.8 Å². The molecular formula is C20H21N3O2. The molecule has 2 aromatic carbocycles. The zero-order valence-electron chi connectivity index (χ0n) is 14.5. The molecule has 5 heteroatoms. The number of ether oxygens (including phenoxy) is 1. The summed E-state index contributed by atoms with van der Waals surface area (Å²) >= 11 is 0. The first-order valence-corrected chi connectivity index (χ1v) is 8.06. The van der Waals surface area contributed by atoms with Crippen LogP contribution in [0.15, 0.2) is 59.1 Å². The van der Waals surface area contributed by atoms with Crippen LogP contribution in [0.1, 0.15) is 29.7 Å². The highest BCUT2D eigenvalue weighted by molar-refractivity contribution is 6.06. The van der Waals surface area contributed by atoms with Crippen molar-refractivity contribution in [1.82, 2.24) is 5.32 Å². The number of aryl methyl sites for hydroxylation is 1. The zero-order valence-corrected chi connectivity index (χ0v) is 14.5. The maximum atomic E-state index is 12.5. The van der Waals surface area contributed by atoms with Crippen molar-refractivity contribution in [3.8, 4) is 5.75 Å². The van der Waals surface area contributed by atoms with Crippen molar-refractivity contribution in [1.29, 1.82) is 0 Å². The topological polar surface area (TPSA) is 76.7 Å². The van der Waals surface area contributed by atoms with E-state index in [2.05, 4.69) is 10.3 Å². The molecule has 0 aliphatic carbocycles. The Labute approximate surface area is 147 Å². The predicted molar refractivity (Wildman–Crippen MR) is 99.3 cm³/mol. The van der Waals surface area contributed by atoms with Crippen LogP contribution in [0.4, 0.5) is 0 Å². The Balaban J connectivity index is 2.20. The third-order valence-corrected chi connectivity index (χ3v) is 4.13. The fourth-order valence-electron chi connectivity index (χ4n) is 3.06. The normalized spacial score (nSPS) is 16.9. The summed E-state index contributed by atoms with van der Waals surface area (Å²) < 4.78 is 5.36. The van der Waals surface area contributed by atoms with E-state index in [0.29, 0.717) is 11.3 Å². The summed E-state index contributed by atoms with van der Waals surface area (Å²) in [5.41, 5.74) is 10.1. The van der Waals surface area contributed by atoms with Crippen LogP contribution < -0.4 is 15.8 Å². The van der Waals surface area contributed by atoms with Crippen LogP contribution in [0.2, 0.25) is 0 Å². The molecule has 2 aromatic rings. The fraction of sp³-hybridized carbons (Fsp3) is 0.200. The van der Waals surface area contributed by atoms with Crippen LogP contribution >= 0.6 is 0 Å². The number of benzene rings is 2. The third kappa shape index (κ3) is 3.40. The first-order chi connectivity index (χ1) is 12.0. The first kappa shape index (κ1) is 16.8. The van der Waals surface area contributed by atoms with Gasteiger partial charge < -0.3 is 15.8 Å². The quantitative estimate of drug-likeness (QED) is 0.900. The van der Waals surface area contributed by atoms with Crippen molar-refractivity contribution in [2.24, 2.45) is 10.7 Å². The summed E-state index contributed by atoms with van der Waals surface area (Å²) in [5.74, 6) is 0.967. The van der Waals surface area contributed by atoms with Crippen LogP contribution in [-0.2, 0) is 4.79 Å². The lowest BCUT2D eigenvalue weighted by Crippen LogP contribution is -2.36. The first-order valence-electron chi connectivity index (χ1n) is 8.06. The van der Waals surface area contributed by atoms with Crippen molar-refractivity contribution in [2.45, 2.75) is 19.9 Å². The lowest BCUT2D eigenvalue weighted by Gasteiger charge is -2.26. The average molecular weight is 335 g/mol. The van der Waals surface area contributed by atoms with E-state index in [4.69, 9.17) is 10.5 Å². The van der Waals surface area contributed by atoms with Crippen molar-refractivity contribution >= 4 is 17.4 Å². The molecule has 0 saturated carbocycles. The van der Waals surface area contributed by atoms with Gasteiger partial charge in [-0.3, -0.25) is 4.79 Å². The average Bonchev–Trinajstić information content (AvgIpc) is 2.60. The minimum Gasteiger partial charge on any atom is -0.497 e. The second kappa shape index (κ2) is 6.81. The number of nitrogens with one attached hydrogen (secondary N) is 1. The summed E-state index contributed by atoms with van der Waals surface area (Å²) in [5, 5.41) is 3.06. The molecule has 0 saturated heterocycles. The second-order valence-electron chi connectivity index (χ2n) is 6.04. The van der Waals surface area contributed by atoms with Gasteiger partial charge in [-0.05, 0) is 42.7 Å². The molecule has 25 heavy (non-hydrogen) atoms. The number of guanidine groups is 1. The molecule has 1 atom stereocenters. The number of methoxy groups -OCH3 is 1. The third-order valence-electron chi connectivity index (χ3n) is 4.13. The Morgan fingerprint density at radius 3 is 2.56 bits per heavy atom. The molecule has 1 unspecified atom stereocenters. The molecular weight excluding hydrogens is 314 g/mol. The Morgan fingerprint density at radius 1 is 1.20 bits per heavy atom. The van der Waals surface area contributed by atoms with E-state index in [9.17, 15) is 4.79 Å². The van der Waals surface area contributed by atoms with Gasteiger partial charge in [0.25, 0.3) is 0 Å². The molecule has 1 aliphatic rings. The zero-order chi connectivity index (χ0) is 18.0. The van der Waals surface area contributed by atoms with Gasteiger partial charge in [0.05, 0.1) is 12.8 Å². The van der Waals surface area contributed by atoms with E-state index < -0.39 is 6.04 Å². The molecule has 0 spiro atoms. The number of rotatable bonds is 4. The standard InChI is InChI=1S/C20H21N3O2/c1-12-9-15(11-16(10-12)25-3)19-17(13(2)24)18(22-20(21)23-19)14-7-5-4-6-8-14/h4-11,19H,1-3H3,(H3,21,22,23). The highest BCUT2D eigenvalue weighted by atomic mass is 16.5. The number of Topliss-reactive ketones (excluding diaryl/α,β-unsaturated/α-hetero) is 1. The summed E-state index contributed by atoms with van der Waals surface area (Å²) in [6, 6.07) is 15.0. The summed E-state index contributed by atoms with van der Waals surface area (Å²) in [4.78, 5) is 17.0. The lowest BCUT2D eigenvalue weighted by atomic mass is 9.90. The fourth-order valence-corrected chi connectivity index (χ4v) is 3.06. The van der Waals surface area contributed by atoms with Gasteiger partial charge in [0.2, 0.25) is 0 Å². The molecule has 128 valence electrons. The van der Waals surface area contributed by atoms with E-state index in [1.54, 1.807) is 14.0 Å². The van der Waals surface area contributed by atoms with Gasteiger partial charge in [-0.25, -0.2) is 4.99 Å². The minimum absolute atomic E-state index is 0.0481. The van der Waals surface area contributed by atoms with Crippen molar-refractivity contribution < 1.29 is 9.53 Å². The van der Waals surface area contributed by atoms with E-state index >= 15 is 0 Å². The van der Waals surface area contributed by atoms with Gasteiger partial charge in [0, 0.05) is 5.57 Å². The van der Waals surface area contributed by atoms with Gasteiger partial charge >= 0.3 is 0 Å². The van der Waals surface area contributed by atoms with Gasteiger partial charge in [-0.2, -0.15) is 0 Å². The highest BCUT2D eigenvalue weighted by Gasteiger charge is 2.29. The van der Waals surface area contributed by atoms with Gasteiger partial charge in [-0.1, -0.05) is 36.4 Å². The molecule has 3 rings (SSSR count).